The lowest BCUT2D eigenvalue weighted by Crippen LogP contribution is -2.39. The summed E-state index contributed by atoms with van der Waals surface area (Å²) in [5.74, 6) is 0.928. The molecule has 2 rings (SSSR count). The molecule has 0 aliphatic carbocycles. The van der Waals surface area contributed by atoms with Crippen molar-refractivity contribution in [3.63, 3.8) is 0 Å². The van der Waals surface area contributed by atoms with E-state index in [1.807, 2.05) is 11.8 Å². The standard InChI is InChI=1S/C13H15ClN2O3S/c1-16(9-4-5-20-7-9)13(19)15-8-2-3-10(12(17)18)11(14)6-8/h2-3,6,9H,4-5,7H2,1H3,(H,15,19)(H,17,18). The van der Waals surface area contributed by atoms with Crippen molar-refractivity contribution in [2.45, 2.75) is 12.5 Å². The zero-order valence-electron chi connectivity index (χ0n) is 10.9. The molecule has 1 aromatic rings. The van der Waals surface area contributed by atoms with Gasteiger partial charge in [0.05, 0.1) is 10.6 Å². The fraction of sp³-hybridized carbons (Fsp3) is 0.385. The highest BCUT2D eigenvalue weighted by Gasteiger charge is 2.24. The van der Waals surface area contributed by atoms with E-state index in [1.54, 1.807) is 11.9 Å². The van der Waals surface area contributed by atoms with E-state index in [0.29, 0.717) is 5.69 Å². The van der Waals surface area contributed by atoms with Crippen LogP contribution in [0.25, 0.3) is 0 Å². The summed E-state index contributed by atoms with van der Waals surface area (Å²) in [6.45, 7) is 0. The maximum Gasteiger partial charge on any atom is 0.337 e. The second-order valence-corrected chi connectivity index (χ2v) is 6.12. The highest BCUT2D eigenvalue weighted by Crippen LogP contribution is 2.24. The van der Waals surface area contributed by atoms with Gasteiger partial charge in [0, 0.05) is 24.5 Å². The molecule has 1 fully saturated rings. The van der Waals surface area contributed by atoms with Crippen LogP contribution >= 0.6 is 23.4 Å². The fourth-order valence-electron chi connectivity index (χ4n) is 1.97. The van der Waals surface area contributed by atoms with Crippen molar-refractivity contribution in [1.82, 2.24) is 4.90 Å². The first-order valence-electron chi connectivity index (χ1n) is 6.13. The molecule has 0 aromatic heterocycles. The molecule has 1 atom stereocenters. The predicted octanol–water partition coefficient (Wildman–Crippen LogP) is 3.01. The van der Waals surface area contributed by atoms with Crippen molar-refractivity contribution in [2.24, 2.45) is 0 Å². The Morgan fingerprint density at radius 1 is 1.50 bits per heavy atom. The average molecular weight is 315 g/mol. The third-order valence-electron chi connectivity index (χ3n) is 3.22. The van der Waals surface area contributed by atoms with Gasteiger partial charge in [0.2, 0.25) is 0 Å². The van der Waals surface area contributed by atoms with E-state index in [2.05, 4.69) is 5.32 Å². The normalized spacial score (nSPS) is 17.8. The van der Waals surface area contributed by atoms with Gasteiger partial charge in [-0.1, -0.05) is 11.6 Å². The number of carboxylic acid groups (broad SMARTS) is 1. The summed E-state index contributed by atoms with van der Waals surface area (Å²) in [6.07, 6.45) is 0.993. The Kier molecular flexibility index (Phi) is 4.77. The van der Waals surface area contributed by atoms with Gasteiger partial charge in [0.25, 0.3) is 0 Å². The van der Waals surface area contributed by atoms with Crippen molar-refractivity contribution in [1.29, 1.82) is 0 Å². The van der Waals surface area contributed by atoms with Gasteiger partial charge in [-0.25, -0.2) is 9.59 Å². The molecule has 1 aliphatic rings. The quantitative estimate of drug-likeness (QED) is 0.900. The number of hydrogen-bond donors (Lipinski definition) is 2. The molecular weight excluding hydrogens is 300 g/mol. The number of anilines is 1. The Hall–Kier alpha value is -1.40. The smallest absolute Gasteiger partial charge is 0.337 e. The van der Waals surface area contributed by atoms with Gasteiger partial charge in [-0.3, -0.25) is 0 Å². The Bertz CT molecular complexity index is 532. The van der Waals surface area contributed by atoms with E-state index in [-0.39, 0.29) is 22.7 Å². The van der Waals surface area contributed by atoms with Crippen LogP contribution in [-0.4, -0.2) is 46.6 Å². The minimum absolute atomic E-state index is 0.0187. The van der Waals surface area contributed by atoms with E-state index in [0.717, 1.165) is 17.9 Å². The van der Waals surface area contributed by atoms with E-state index >= 15 is 0 Å². The number of carbonyl (C=O) groups is 2. The zero-order valence-corrected chi connectivity index (χ0v) is 12.5. The van der Waals surface area contributed by atoms with Crippen LogP contribution in [0.15, 0.2) is 18.2 Å². The van der Waals surface area contributed by atoms with E-state index in [9.17, 15) is 9.59 Å². The monoisotopic (exact) mass is 314 g/mol. The van der Waals surface area contributed by atoms with Gasteiger partial charge in [0.15, 0.2) is 0 Å². The fourth-order valence-corrected chi connectivity index (χ4v) is 3.50. The molecule has 20 heavy (non-hydrogen) atoms. The first kappa shape index (κ1) is 15.0. The highest BCUT2D eigenvalue weighted by atomic mass is 35.5. The lowest BCUT2D eigenvalue weighted by molar-refractivity contribution is 0.0697. The molecule has 1 unspecified atom stereocenters. The topological polar surface area (TPSA) is 69.6 Å². The predicted molar refractivity (Wildman–Crippen MR) is 80.9 cm³/mol. The summed E-state index contributed by atoms with van der Waals surface area (Å²) in [6, 6.07) is 4.39. The summed E-state index contributed by atoms with van der Waals surface area (Å²) in [7, 11) is 1.76. The van der Waals surface area contributed by atoms with Crippen LogP contribution in [-0.2, 0) is 0 Å². The van der Waals surface area contributed by atoms with Gasteiger partial charge < -0.3 is 15.3 Å². The second kappa shape index (κ2) is 6.37. The molecule has 1 saturated heterocycles. The lowest BCUT2D eigenvalue weighted by atomic mass is 10.2. The van der Waals surface area contributed by atoms with Crippen LogP contribution in [0.3, 0.4) is 0 Å². The summed E-state index contributed by atoms with van der Waals surface area (Å²) < 4.78 is 0. The van der Waals surface area contributed by atoms with Crippen LogP contribution in [0.4, 0.5) is 10.5 Å². The maximum atomic E-state index is 12.1. The van der Waals surface area contributed by atoms with Crippen molar-refractivity contribution in [3.8, 4) is 0 Å². The first-order valence-corrected chi connectivity index (χ1v) is 7.66. The first-order chi connectivity index (χ1) is 9.49. The average Bonchev–Trinajstić information content (AvgIpc) is 2.91. The van der Waals surface area contributed by atoms with Gasteiger partial charge in [-0.05, 0) is 30.4 Å². The molecule has 2 amide bonds. The van der Waals surface area contributed by atoms with Gasteiger partial charge >= 0.3 is 12.0 Å². The lowest BCUT2D eigenvalue weighted by Gasteiger charge is -2.24. The van der Waals surface area contributed by atoms with Crippen LogP contribution in [0.1, 0.15) is 16.8 Å². The Labute approximate surface area is 126 Å². The number of thioether (sulfide) groups is 1. The second-order valence-electron chi connectivity index (χ2n) is 4.56. The number of carboxylic acids is 1. The summed E-state index contributed by atoms with van der Waals surface area (Å²) in [5, 5.41) is 11.7. The minimum atomic E-state index is -1.09. The maximum absolute atomic E-state index is 12.1. The summed E-state index contributed by atoms with van der Waals surface area (Å²) in [4.78, 5) is 24.6. The molecule has 0 bridgehead atoms. The number of nitrogens with one attached hydrogen (secondary N) is 1. The van der Waals surface area contributed by atoms with Gasteiger partial charge in [-0.15, -0.1) is 0 Å². The van der Waals surface area contributed by atoms with Crippen LogP contribution in [0.2, 0.25) is 5.02 Å². The molecule has 1 aromatic carbocycles. The molecule has 2 N–H and O–H groups in total. The Morgan fingerprint density at radius 3 is 2.80 bits per heavy atom. The molecule has 5 nitrogen and oxygen atoms in total. The molecule has 0 radical (unpaired) electrons. The third-order valence-corrected chi connectivity index (χ3v) is 4.68. The Balaban J connectivity index is 2.04. The molecule has 1 heterocycles. The van der Waals surface area contributed by atoms with E-state index in [1.165, 1.54) is 18.2 Å². The molecule has 108 valence electrons. The van der Waals surface area contributed by atoms with Gasteiger partial charge in [0.1, 0.15) is 0 Å². The number of amides is 2. The highest BCUT2D eigenvalue weighted by molar-refractivity contribution is 7.99. The van der Waals surface area contributed by atoms with Crippen molar-refractivity contribution in [3.05, 3.63) is 28.8 Å². The van der Waals surface area contributed by atoms with Crippen LogP contribution < -0.4 is 5.32 Å². The number of carbonyl (C=O) groups excluding carboxylic acids is 1. The Morgan fingerprint density at radius 2 is 2.25 bits per heavy atom. The van der Waals surface area contributed by atoms with Crippen molar-refractivity contribution in [2.75, 3.05) is 23.9 Å². The van der Waals surface area contributed by atoms with Crippen molar-refractivity contribution >= 4 is 41.1 Å². The number of rotatable bonds is 3. The van der Waals surface area contributed by atoms with Crippen LogP contribution in [0.5, 0.6) is 0 Å². The SMILES string of the molecule is CN(C(=O)Nc1ccc(C(=O)O)c(Cl)c1)C1CCSC1. The number of halogens is 1. The minimum Gasteiger partial charge on any atom is -0.478 e. The number of aromatic carboxylic acids is 1. The number of nitrogens with zero attached hydrogens (tertiary/aromatic N) is 1. The van der Waals surface area contributed by atoms with Gasteiger partial charge in [-0.2, -0.15) is 11.8 Å². The molecule has 1 aliphatic heterocycles. The number of urea groups is 1. The van der Waals surface area contributed by atoms with Crippen LogP contribution in [0, 0.1) is 0 Å². The molecule has 0 saturated carbocycles. The molecule has 0 spiro atoms. The van der Waals surface area contributed by atoms with Crippen molar-refractivity contribution < 1.29 is 14.7 Å². The van der Waals surface area contributed by atoms with E-state index in [4.69, 9.17) is 16.7 Å². The summed E-state index contributed by atoms with van der Waals surface area (Å²) >= 11 is 7.70. The number of benzene rings is 1. The molecule has 7 heteroatoms. The largest absolute Gasteiger partial charge is 0.478 e. The van der Waals surface area contributed by atoms with E-state index < -0.39 is 5.97 Å². The summed E-state index contributed by atoms with van der Waals surface area (Å²) in [5.41, 5.74) is 0.507. The zero-order chi connectivity index (χ0) is 14.7. The third kappa shape index (κ3) is 3.37. The number of hydrogen-bond acceptors (Lipinski definition) is 3. The molecular formula is C13H15ClN2O3S.